The van der Waals surface area contributed by atoms with E-state index < -0.39 is 0 Å². The van der Waals surface area contributed by atoms with Crippen LogP contribution in [0.15, 0.2) is 34.4 Å². The number of rotatable bonds is 3. The van der Waals surface area contributed by atoms with Crippen LogP contribution in [0.2, 0.25) is 0 Å². The van der Waals surface area contributed by atoms with Crippen LogP contribution >= 0.6 is 11.3 Å². The lowest BCUT2D eigenvalue weighted by molar-refractivity contribution is -0.140. The molecule has 0 unspecified atom stereocenters. The quantitative estimate of drug-likeness (QED) is 0.680. The average molecular weight is 439 g/mol. The van der Waals surface area contributed by atoms with E-state index in [9.17, 15) is 9.59 Å². The van der Waals surface area contributed by atoms with Crippen LogP contribution in [0.4, 0.5) is 5.95 Å². The van der Waals surface area contributed by atoms with Gasteiger partial charge in [-0.05, 0) is 25.3 Å². The molecular formula is C23H26N4O3S. The molecule has 2 saturated heterocycles. The predicted octanol–water partition coefficient (Wildman–Crippen LogP) is 3.04. The molecule has 5 rings (SSSR count). The van der Waals surface area contributed by atoms with E-state index in [2.05, 4.69) is 35.0 Å². The SMILES string of the molecule is Cc1cccc(-c2csc3c(=O)[nH]c(N4CCC(C(=O)N5CCOCC5)CC4)nc23)c1. The van der Waals surface area contributed by atoms with Crippen molar-refractivity contribution in [2.75, 3.05) is 44.3 Å². The fourth-order valence-corrected chi connectivity index (χ4v) is 5.37. The maximum atomic E-state index is 12.8. The number of carbonyl (C=O) groups excluding carboxylic acids is 1. The van der Waals surface area contributed by atoms with Crippen LogP contribution in [-0.4, -0.2) is 60.2 Å². The highest BCUT2D eigenvalue weighted by Crippen LogP contribution is 2.32. The van der Waals surface area contributed by atoms with Crippen molar-refractivity contribution < 1.29 is 9.53 Å². The van der Waals surface area contributed by atoms with Gasteiger partial charge in [-0.25, -0.2) is 4.98 Å². The second-order valence-corrected chi connectivity index (χ2v) is 9.16. The van der Waals surface area contributed by atoms with Crippen molar-refractivity contribution in [2.24, 2.45) is 5.92 Å². The van der Waals surface area contributed by atoms with Crippen molar-refractivity contribution in [3.05, 3.63) is 45.6 Å². The van der Waals surface area contributed by atoms with Crippen molar-refractivity contribution in [2.45, 2.75) is 19.8 Å². The van der Waals surface area contributed by atoms with Gasteiger partial charge in [-0.1, -0.05) is 29.8 Å². The molecule has 2 fully saturated rings. The largest absolute Gasteiger partial charge is 0.378 e. The summed E-state index contributed by atoms with van der Waals surface area (Å²) in [6.07, 6.45) is 1.54. The molecule has 0 radical (unpaired) electrons. The van der Waals surface area contributed by atoms with Gasteiger partial charge in [0.15, 0.2) is 0 Å². The third kappa shape index (κ3) is 3.97. The molecule has 0 bridgehead atoms. The third-order valence-corrected chi connectivity index (χ3v) is 7.18. The average Bonchev–Trinajstić information content (AvgIpc) is 3.24. The molecule has 0 aliphatic carbocycles. The standard InChI is InChI=1S/C23H26N4O3S/c1-15-3-2-4-17(13-15)18-14-31-20-19(18)24-23(25-21(20)28)27-7-5-16(6-8-27)22(29)26-9-11-30-12-10-26/h2-4,13-14,16H,5-12H2,1H3,(H,24,25,28). The molecule has 2 aliphatic rings. The minimum absolute atomic E-state index is 0.0359. The van der Waals surface area contributed by atoms with Gasteiger partial charge in [0.05, 0.1) is 18.7 Å². The number of aromatic amines is 1. The number of ether oxygens (including phenoxy) is 1. The number of hydrogen-bond donors (Lipinski definition) is 1. The summed E-state index contributed by atoms with van der Waals surface area (Å²) in [6.45, 7) is 6.10. The number of carbonyl (C=O) groups is 1. The van der Waals surface area contributed by atoms with Crippen LogP contribution < -0.4 is 10.5 Å². The van der Waals surface area contributed by atoms with Crippen LogP contribution in [0.1, 0.15) is 18.4 Å². The highest BCUT2D eigenvalue weighted by Gasteiger charge is 2.30. The van der Waals surface area contributed by atoms with Crippen LogP contribution in [0.5, 0.6) is 0 Å². The summed E-state index contributed by atoms with van der Waals surface area (Å²) in [6, 6.07) is 8.26. The summed E-state index contributed by atoms with van der Waals surface area (Å²) in [7, 11) is 0. The highest BCUT2D eigenvalue weighted by molar-refractivity contribution is 7.17. The first-order chi connectivity index (χ1) is 15.1. The summed E-state index contributed by atoms with van der Waals surface area (Å²) >= 11 is 1.43. The molecule has 1 aromatic carbocycles. The zero-order valence-electron chi connectivity index (χ0n) is 17.6. The number of thiophene rings is 1. The predicted molar refractivity (Wildman–Crippen MR) is 123 cm³/mol. The first-order valence-corrected chi connectivity index (χ1v) is 11.7. The minimum atomic E-state index is -0.101. The molecule has 8 heteroatoms. The van der Waals surface area contributed by atoms with E-state index in [-0.39, 0.29) is 17.4 Å². The van der Waals surface area contributed by atoms with Crippen molar-refractivity contribution >= 4 is 33.4 Å². The number of morpholine rings is 1. The number of amides is 1. The smallest absolute Gasteiger partial charge is 0.270 e. The number of nitrogens with one attached hydrogen (secondary N) is 1. The van der Waals surface area contributed by atoms with Gasteiger partial charge in [-0.2, -0.15) is 0 Å². The van der Waals surface area contributed by atoms with E-state index >= 15 is 0 Å². The molecule has 1 N–H and O–H groups in total. The van der Waals surface area contributed by atoms with E-state index in [1.165, 1.54) is 16.9 Å². The van der Waals surface area contributed by atoms with Gasteiger partial charge in [0, 0.05) is 43.0 Å². The van der Waals surface area contributed by atoms with Crippen LogP contribution in [0.25, 0.3) is 21.3 Å². The Balaban J connectivity index is 1.37. The fourth-order valence-electron chi connectivity index (χ4n) is 4.46. The van der Waals surface area contributed by atoms with Gasteiger partial charge >= 0.3 is 0 Å². The zero-order chi connectivity index (χ0) is 21.4. The summed E-state index contributed by atoms with van der Waals surface area (Å²) in [5.74, 6) is 0.871. The topological polar surface area (TPSA) is 78.5 Å². The number of benzene rings is 1. The van der Waals surface area contributed by atoms with Crippen LogP contribution in [0.3, 0.4) is 0 Å². The van der Waals surface area contributed by atoms with Crippen LogP contribution in [0, 0.1) is 12.8 Å². The zero-order valence-corrected chi connectivity index (χ0v) is 18.4. The van der Waals surface area contributed by atoms with Crippen molar-refractivity contribution in [1.82, 2.24) is 14.9 Å². The van der Waals surface area contributed by atoms with E-state index in [1.54, 1.807) is 0 Å². The first-order valence-electron chi connectivity index (χ1n) is 10.8. The van der Waals surface area contributed by atoms with Gasteiger partial charge in [-0.3, -0.25) is 14.6 Å². The Hall–Kier alpha value is -2.71. The van der Waals surface area contributed by atoms with Gasteiger partial charge in [0.25, 0.3) is 5.56 Å². The first kappa shape index (κ1) is 20.2. The van der Waals surface area contributed by atoms with Gasteiger partial charge in [0.2, 0.25) is 11.9 Å². The Labute approximate surface area is 184 Å². The van der Waals surface area contributed by atoms with E-state index in [0.717, 1.165) is 29.5 Å². The Morgan fingerprint density at radius 1 is 1.19 bits per heavy atom. The molecule has 2 aromatic heterocycles. The Morgan fingerprint density at radius 3 is 2.71 bits per heavy atom. The highest BCUT2D eigenvalue weighted by atomic mass is 32.1. The number of nitrogens with zero attached hydrogens (tertiary/aromatic N) is 3. The van der Waals surface area contributed by atoms with Crippen molar-refractivity contribution in [3.8, 4) is 11.1 Å². The van der Waals surface area contributed by atoms with E-state index in [0.29, 0.717) is 50.0 Å². The molecule has 0 atom stereocenters. The number of H-pyrrole nitrogens is 1. The number of anilines is 1. The lowest BCUT2D eigenvalue weighted by Crippen LogP contribution is -2.47. The lowest BCUT2D eigenvalue weighted by atomic mass is 9.95. The Kier molecular flexibility index (Phi) is 5.50. The Bertz CT molecular complexity index is 1160. The third-order valence-electron chi connectivity index (χ3n) is 6.21. The number of aromatic nitrogens is 2. The molecule has 3 aromatic rings. The molecule has 7 nitrogen and oxygen atoms in total. The maximum absolute atomic E-state index is 12.8. The molecular weight excluding hydrogens is 412 g/mol. The fraction of sp³-hybridized carbons (Fsp3) is 0.435. The number of aryl methyl sites for hydroxylation is 1. The van der Waals surface area contributed by atoms with Gasteiger partial charge in [-0.15, -0.1) is 11.3 Å². The molecule has 31 heavy (non-hydrogen) atoms. The summed E-state index contributed by atoms with van der Waals surface area (Å²) in [4.78, 5) is 37.4. The van der Waals surface area contributed by atoms with Crippen molar-refractivity contribution in [1.29, 1.82) is 0 Å². The molecule has 162 valence electrons. The number of piperidine rings is 1. The molecule has 0 saturated carbocycles. The second kappa shape index (κ2) is 8.43. The van der Waals surface area contributed by atoms with Crippen LogP contribution in [-0.2, 0) is 9.53 Å². The van der Waals surface area contributed by atoms with Gasteiger partial charge in [0.1, 0.15) is 4.70 Å². The second-order valence-electron chi connectivity index (χ2n) is 8.29. The maximum Gasteiger partial charge on any atom is 0.270 e. The molecule has 4 heterocycles. The summed E-state index contributed by atoms with van der Waals surface area (Å²) in [5, 5.41) is 2.01. The summed E-state index contributed by atoms with van der Waals surface area (Å²) < 4.78 is 6.01. The van der Waals surface area contributed by atoms with E-state index in [4.69, 9.17) is 9.72 Å². The normalized spacial score (nSPS) is 18.0. The summed E-state index contributed by atoms with van der Waals surface area (Å²) in [5.41, 5.74) is 3.89. The van der Waals surface area contributed by atoms with E-state index in [1.807, 2.05) is 16.3 Å². The molecule has 2 aliphatic heterocycles. The Morgan fingerprint density at radius 2 is 1.97 bits per heavy atom. The molecule has 0 spiro atoms. The van der Waals surface area contributed by atoms with Crippen molar-refractivity contribution in [3.63, 3.8) is 0 Å². The minimum Gasteiger partial charge on any atom is -0.378 e. The number of fused-ring (bicyclic) bond motifs is 1. The lowest BCUT2D eigenvalue weighted by Gasteiger charge is -2.35. The number of hydrogen-bond acceptors (Lipinski definition) is 6. The monoisotopic (exact) mass is 438 g/mol. The van der Waals surface area contributed by atoms with Gasteiger partial charge < -0.3 is 14.5 Å². The molecule has 1 amide bonds.